The molecule has 1 aromatic heterocycles. The molecule has 0 saturated carbocycles. The van der Waals surface area contributed by atoms with E-state index in [9.17, 15) is 9.59 Å². The van der Waals surface area contributed by atoms with Gasteiger partial charge in [0.15, 0.2) is 0 Å². The van der Waals surface area contributed by atoms with E-state index in [-0.39, 0.29) is 12.3 Å². The van der Waals surface area contributed by atoms with Crippen molar-refractivity contribution in [3.63, 3.8) is 0 Å². The molecule has 3 aromatic rings. The number of hydrazine groups is 1. The third-order valence-corrected chi connectivity index (χ3v) is 3.37. The molecule has 0 atom stereocenters. The lowest BCUT2D eigenvalue weighted by molar-refractivity contribution is -0.121. The molecule has 0 aliphatic rings. The number of aromatic nitrogens is 1. The van der Waals surface area contributed by atoms with Crippen LogP contribution in [0.15, 0.2) is 60.8 Å². The molecule has 1 heterocycles. The molecule has 6 heteroatoms. The Labute approximate surface area is 132 Å². The Kier molecular flexibility index (Phi) is 4.24. The van der Waals surface area contributed by atoms with Crippen molar-refractivity contribution < 1.29 is 9.59 Å². The zero-order valence-electron chi connectivity index (χ0n) is 12.3. The van der Waals surface area contributed by atoms with Crippen LogP contribution in [0.3, 0.4) is 0 Å². The monoisotopic (exact) mass is 308 g/mol. The van der Waals surface area contributed by atoms with Gasteiger partial charge in [-0.1, -0.05) is 36.4 Å². The van der Waals surface area contributed by atoms with E-state index in [4.69, 9.17) is 0 Å². The van der Waals surface area contributed by atoms with E-state index >= 15 is 0 Å². The number of benzene rings is 2. The summed E-state index contributed by atoms with van der Waals surface area (Å²) in [6, 6.07) is 16.2. The molecule has 3 rings (SSSR count). The topological polar surface area (TPSA) is 86.0 Å². The van der Waals surface area contributed by atoms with Gasteiger partial charge in [0.2, 0.25) is 5.91 Å². The lowest BCUT2D eigenvalue weighted by atomic mass is 10.1. The minimum Gasteiger partial charge on any atom is -0.361 e. The fourth-order valence-corrected chi connectivity index (χ4v) is 2.31. The molecule has 0 radical (unpaired) electrons. The summed E-state index contributed by atoms with van der Waals surface area (Å²) in [5.74, 6) is -0.294. The molecule has 2 aromatic carbocycles. The second kappa shape index (κ2) is 6.65. The van der Waals surface area contributed by atoms with Gasteiger partial charge in [0.05, 0.1) is 6.42 Å². The van der Waals surface area contributed by atoms with Crippen molar-refractivity contribution in [2.75, 3.05) is 5.32 Å². The molecule has 116 valence electrons. The number of nitrogens with one attached hydrogen (secondary N) is 4. The lowest BCUT2D eigenvalue weighted by Crippen LogP contribution is -2.44. The van der Waals surface area contributed by atoms with Gasteiger partial charge in [0.25, 0.3) is 0 Å². The van der Waals surface area contributed by atoms with Crippen molar-refractivity contribution in [2.45, 2.75) is 6.42 Å². The smallest absolute Gasteiger partial charge is 0.337 e. The highest BCUT2D eigenvalue weighted by Crippen LogP contribution is 2.17. The Hall–Kier alpha value is -3.28. The van der Waals surface area contributed by atoms with Crippen molar-refractivity contribution in [2.24, 2.45) is 0 Å². The summed E-state index contributed by atoms with van der Waals surface area (Å²) < 4.78 is 0. The molecule has 0 spiro atoms. The number of carbonyl (C=O) groups is 2. The average molecular weight is 308 g/mol. The molecular formula is C17H16N4O2. The summed E-state index contributed by atoms with van der Waals surface area (Å²) in [5, 5.41) is 3.61. The van der Waals surface area contributed by atoms with Crippen LogP contribution in [0.4, 0.5) is 10.5 Å². The van der Waals surface area contributed by atoms with E-state index in [0.717, 1.165) is 16.5 Å². The molecule has 4 N–H and O–H groups in total. The van der Waals surface area contributed by atoms with Gasteiger partial charge >= 0.3 is 6.03 Å². The Balaban J connectivity index is 1.52. The summed E-state index contributed by atoms with van der Waals surface area (Å²) >= 11 is 0. The molecular weight excluding hydrogens is 292 g/mol. The molecule has 0 fully saturated rings. The van der Waals surface area contributed by atoms with Crippen molar-refractivity contribution in [1.82, 2.24) is 15.8 Å². The van der Waals surface area contributed by atoms with Gasteiger partial charge in [-0.2, -0.15) is 0 Å². The molecule has 3 amide bonds. The Morgan fingerprint density at radius 2 is 1.65 bits per heavy atom. The van der Waals surface area contributed by atoms with Crippen molar-refractivity contribution in [3.05, 3.63) is 66.4 Å². The molecule has 0 aliphatic heterocycles. The van der Waals surface area contributed by atoms with Gasteiger partial charge in [-0.15, -0.1) is 0 Å². The van der Waals surface area contributed by atoms with Crippen LogP contribution >= 0.6 is 0 Å². The molecule has 0 aliphatic carbocycles. The number of hydrogen-bond acceptors (Lipinski definition) is 2. The second-order valence-electron chi connectivity index (χ2n) is 5.03. The van der Waals surface area contributed by atoms with E-state index in [2.05, 4.69) is 21.2 Å². The number of amides is 3. The number of carbonyl (C=O) groups excluding carboxylic acids is 2. The second-order valence-corrected chi connectivity index (χ2v) is 5.03. The highest BCUT2D eigenvalue weighted by atomic mass is 16.2. The fraction of sp³-hybridized carbons (Fsp3) is 0.0588. The van der Waals surface area contributed by atoms with Crippen LogP contribution in [-0.4, -0.2) is 16.9 Å². The van der Waals surface area contributed by atoms with E-state index < -0.39 is 6.03 Å². The van der Waals surface area contributed by atoms with Crippen LogP contribution in [0.2, 0.25) is 0 Å². The van der Waals surface area contributed by atoms with E-state index in [1.165, 1.54) is 0 Å². The maximum absolute atomic E-state index is 11.9. The largest absolute Gasteiger partial charge is 0.361 e. The first-order valence-corrected chi connectivity index (χ1v) is 7.18. The predicted molar refractivity (Wildman–Crippen MR) is 88.7 cm³/mol. The SMILES string of the molecule is O=C(Cc1c[nH]c2ccccc12)NNC(=O)Nc1ccccc1. The number of H-pyrrole nitrogens is 1. The molecule has 6 nitrogen and oxygen atoms in total. The predicted octanol–water partition coefficient (Wildman–Crippen LogP) is 2.56. The van der Waals surface area contributed by atoms with Crippen LogP contribution in [0, 0.1) is 0 Å². The number of anilines is 1. The summed E-state index contributed by atoms with van der Waals surface area (Å²) in [6.07, 6.45) is 1.98. The molecule has 0 saturated heterocycles. The van der Waals surface area contributed by atoms with Crippen LogP contribution in [-0.2, 0) is 11.2 Å². The third-order valence-electron chi connectivity index (χ3n) is 3.37. The zero-order chi connectivity index (χ0) is 16.1. The first-order valence-electron chi connectivity index (χ1n) is 7.18. The molecule has 0 bridgehead atoms. The van der Waals surface area contributed by atoms with E-state index in [1.54, 1.807) is 18.3 Å². The average Bonchev–Trinajstić information content (AvgIpc) is 2.97. The van der Waals surface area contributed by atoms with Gasteiger partial charge in [-0.25, -0.2) is 10.2 Å². The van der Waals surface area contributed by atoms with Gasteiger partial charge in [-0.05, 0) is 23.8 Å². The van der Waals surface area contributed by atoms with Crippen molar-refractivity contribution in [1.29, 1.82) is 0 Å². The number of para-hydroxylation sites is 2. The van der Waals surface area contributed by atoms with Crippen molar-refractivity contribution in [3.8, 4) is 0 Å². The minimum atomic E-state index is -0.497. The molecule has 23 heavy (non-hydrogen) atoms. The summed E-state index contributed by atoms with van der Waals surface area (Å²) in [7, 11) is 0. The summed E-state index contributed by atoms with van der Waals surface area (Å²) in [5.41, 5.74) is 7.23. The first kappa shape index (κ1) is 14.6. The maximum atomic E-state index is 11.9. The Morgan fingerprint density at radius 1 is 0.913 bits per heavy atom. The third kappa shape index (κ3) is 3.68. The number of fused-ring (bicyclic) bond motifs is 1. The maximum Gasteiger partial charge on any atom is 0.337 e. The lowest BCUT2D eigenvalue weighted by Gasteiger charge is -2.08. The van der Waals surface area contributed by atoms with E-state index in [0.29, 0.717) is 5.69 Å². The number of urea groups is 1. The summed E-state index contributed by atoms with van der Waals surface area (Å²) in [6.45, 7) is 0. The van der Waals surface area contributed by atoms with Crippen LogP contribution in [0.1, 0.15) is 5.56 Å². The van der Waals surface area contributed by atoms with Crippen LogP contribution < -0.4 is 16.2 Å². The minimum absolute atomic E-state index is 0.176. The first-order chi connectivity index (χ1) is 11.2. The summed E-state index contributed by atoms with van der Waals surface area (Å²) in [4.78, 5) is 26.7. The van der Waals surface area contributed by atoms with Gasteiger partial charge in [0, 0.05) is 22.8 Å². The zero-order valence-corrected chi connectivity index (χ0v) is 12.3. The van der Waals surface area contributed by atoms with E-state index in [1.807, 2.05) is 42.5 Å². The number of rotatable bonds is 3. The van der Waals surface area contributed by atoms with Gasteiger partial charge in [-0.3, -0.25) is 10.2 Å². The number of aromatic amines is 1. The Morgan fingerprint density at radius 3 is 2.48 bits per heavy atom. The highest BCUT2D eigenvalue weighted by Gasteiger charge is 2.09. The van der Waals surface area contributed by atoms with Gasteiger partial charge < -0.3 is 10.3 Å². The molecule has 0 unspecified atom stereocenters. The Bertz CT molecular complexity index is 827. The van der Waals surface area contributed by atoms with Gasteiger partial charge in [0.1, 0.15) is 0 Å². The standard InChI is InChI=1S/C17H16N4O2/c22-16(10-12-11-18-15-9-5-4-8-14(12)15)20-21-17(23)19-13-6-2-1-3-7-13/h1-9,11,18H,10H2,(H,20,22)(H2,19,21,23). The number of hydrogen-bond donors (Lipinski definition) is 4. The van der Waals surface area contributed by atoms with Crippen LogP contribution in [0.5, 0.6) is 0 Å². The fourth-order valence-electron chi connectivity index (χ4n) is 2.31. The van der Waals surface area contributed by atoms with Crippen molar-refractivity contribution >= 4 is 28.5 Å². The normalized spacial score (nSPS) is 10.3. The quantitative estimate of drug-likeness (QED) is 0.561. The highest BCUT2D eigenvalue weighted by molar-refractivity contribution is 5.92. The van der Waals surface area contributed by atoms with Crippen LogP contribution in [0.25, 0.3) is 10.9 Å².